The first-order valence-electron chi connectivity index (χ1n) is 5.09. The molecule has 17 heavy (non-hydrogen) atoms. The summed E-state index contributed by atoms with van der Waals surface area (Å²) in [7, 11) is 0. The topological polar surface area (TPSA) is 83.1 Å². The fourth-order valence-electron chi connectivity index (χ4n) is 1.69. The summed E-state index contributed by atoms with van der Waals surface area (Å²) >= 11 is 1.15. The third kappa shape index (κ3) is 2.73. The van der Waals surface area contributed by atoms with Crippen molar-refractivity contribution in [3.05, 3.63) is 22.6 Å². The summed E-state index contributed by atoms with van der Waals surface area (Å²) < 4.78 is 0. The molecule has 90 valence electrons. The molecule has 1 aromatic rings. The highest BCUT2D eigenvalue weighted by Crippen LogP contribution is 2.25. The average Bonchev–Trinajstić information content (AvgIpc) is 2.58. The lowest BCUT2D eigenvalue weighted by Gasteiger charge is -2.13. The highest BCUT2D eigenvalue weighted by molar-refractivity contribution is 8.14. The van der Waals surface area contributed by atoms with Gasteiger partial charge in [0, 0.05) is 37.4 Å². The Labute approximate surface area is 101 Å². The lowest BCUT2D eigenvalue weighted by molar-refractivity contribution is -0.117. The van der Waals surface area contributed by atoms with Crippen molar-refractivity contribution in [3.63, 3.8) is 0 Å². The van der Waals surface area contributed by atoms with Gasteiger partial charge < -0.3 is 0 Å². The molecule has 0 aliphatic carbocycles. The summed E-state index contributed by atoms with van der Waals surface area (Å²) in [6.45, 7) is 1.87. The van der Waals surface area contributed by atoms with E-state index in [0.29, 0.717) is 13.0 Å². The van der Waals surface area contributed by atoms with Gasteiger partial charge in [-0.25, -0.2) is 4.98 Å². The molecule has 0 bridgehead atoms. The van der Waals surface area contributed by atoms with Gasteiger partial charge in [-0.05, 0) is 0 Å². The van der Waals surface area contributed by atoms with Gasteiger partial charge in [0.15, 0.2) is 5.12 Å². The van der Waals surface area contributed by atoms with Gasteiger partial charge in [0.05, 0.1) is 0 Å². The highest BCUT2D eigenvalue weighted by atomic mass is 32.2. The predicted molar refractivity (Wildman–Crippen MR) is 63.9 cm³/mol. The minimum absolute atomic E-state index is 0.0147. The maximum atomic E-state index is 11.7. The molecule has 0 aromatic carbocycles. The van der Waals surface area contributed by atoms with Gasteiger partial charge in [-0.15, -0.1) is 0 Å². The third-order valence-corrected chi connectivity index (χ3v) is 3.32. The van der Waals surface area contributed by atoms with Gasteiger partial charge in [-0.2, -0.15) is 0 Å². The second-order valence-corrected chi connectivity index (χ2v) is 5.17. The summed E-state index contributed by atoms with van der Waals surface area (Å²) in [5.74, 6) is 0.118. The number of carbonyl (C=O) groups excluding carboxylic acids is 2. The first-order valence-corrected chi connectivity index (χ1v) is 5.97. The molecular weight excluding hydrogens is 242 g/mol. The summed E-state index contributed by atoms with van der Waals surface area (Å²) in [6.07, 6.45) is 1.65. The number of aromatic amines is 1. The Morgan fingerprint density at radius 1 is 1.59 bits per heavy atom. The zero-order valence-corrected chi connectivity index (χ0v) is 9.99. The Bertz CT molecular complexity index is 514. The number of thioether (sulfide) groups is 1. The lowest BCUT2D eigenvalue weighted by atomic mass is 10.4. The van der Waals surface area contributed by atoms with E-state index in [4.69, 9.17) is 0 Å². The second-order valence-electron chi connectivity index (χ2n) is 3.70. The van der Waals surface area contributed by atoms with E-state index < -0.39 is 0 Å². The molecular formula is C10H11N3O3S. The number of nitrogens with zero attached hydrogens (tertiary/aromatic N) is 2. The number of aromatic nitrogens is 2. The molecule has 0 radical (unpaired) electrons. The molecule has 1 unspecified atom stereocenters. The van der Waals surface area contributed by atoms with E-state index in [1.807, 2.05) is 0 Å². The third-order valence-electron chi connectivity index (χ3n) is 2.34. The fraction of sp³-hybridized carbons (Fsp3) is 0.400. The molecule has 1 atom stereocenters. The van der Waals surface area contributed by atoms with Crippen molar-refractivity contribution in [3.8, 4) is 0 Å². The maximum Gasteiger partial charge on any atom is 0.252 e. The largest absolute Gasteiger partial charge is 0.292 e. The normalized spacial score (nSPS) is 19.7. The quantitative estimate of drug-likeness (QED) is 0.811. The Hall–Kier alpha value is -1.63. The van der Waals surface area contributed by atoms with E-state index >= 15 is 0 Å². The molecule has 1 saturated heterocycles. The van der Waals surface area contributed by atoms with Gasteiger partial charge in [0.1, 0.15) is 0 Å². The molecule has 2 rings (SSSR count). The van der Waals surface area contributed by atoms with E-state index in [2.05, 4.69) is 9.97 Å². The van der Waals surface area contributed by atoms with E-state index in [9.17, 15) is 14.4 Å². The van der Waals surface area contributed by atoms with Gasteiger partial charge in [-0.1, -0.05) is 11.8 Å². The van der Waals surface area contributed by atoms with Crippen molar-refractivity contribution < 1.29 is 9.59 Å². The van der Waals surface area contributed by atoms with E-state index in [1.165, 1.54) is 24.1 Å². The van der Waals surface area contributed by atoms with Crippen LogP contribution in [0.1, 0.15) is 13.3 Å². The molecule has 1 N–H and O–H groups in total. The number of carbonyl (C=O) groups is 2. The van der Waals surface area contributed by atoms with Gasteiger partial charge in [-0.3, -0.25) is 24.3 Å². The number of amides is 1. The highest BCUT2D eigenvalue weighted by Gasteiger charge is 2.32. The van der Waals surface area contributed by atoms with Crippen LogP contribution in [0.15, 0.2) is 17.1 Å². The van der Waals surface area contributed by atoms with E-state index in [-0.39, 0.29) is 27.8 Å². The zero-order valence-electron chi connectivity index (χ0n) is 9.17. The van der Waals surface area contributed by atoms with Crippen LogP contribution in [0.4, 0.5) is 5.95 Å². The Morgan fingerprint density at radius 3 is 3.00 bits per heavy atom. The van der Waals surface area contributed by atoms with Crippen molar-refractivity contribution in [2.45, 2.75) is 18.6 Å². The van der Waals surface area contributed by atoms with Crippen molar-refractivity contribution in [1.29, 1.82) is 0 Å². The van der Waals surface area contributed by atoms with Crippen LogP contribution in [-0.4, -0.2) is 32.8 Å². The minimum Gasteiger partial charge on any atom is -0.292 e. The standard InChI is InChI=1S/C10H11N3O3S/c1-6(14)17-7-4-9(16)13(5-7)10-11-3-2-8(15)12-10/h2-3,7H,4-5H2,1H3,(H,11,12,15). The van der Waals surface area contributed by atoms with Crippen LogP contribution in [0.2, 0.25) is 0 Å². The average molecular weight is 253 g/mol. The first-order chi connectivity index (χ1) is 8.06. The van der Waals surface area contributed by atoms with E-state index in [1.54, 1.807) is 0 Å². The van der Waals surface area contributed by atoms with Gasteiger partial charge in [0.2, 0.25) is 11.9 Å². The van der Waals surface area contributed by atoms with Crippen LogP contribution < -0.4 is 10.5 Å². The number of anilines is 1. The first kappa shape index (κ1) is 11.8. The Morgan fingerprint density at radius 2 is 2.35 bits per heavy atom. The molecule has 1 fully saturated rings. The van der Waals surface area contributed by atoms with Crippen LogP contribution in [0.5, 0.6) is 0 Å². The van der Waals surface area contributed by atoms with Crippen LogP contribution in [0.25, 0.3) is 0 Å². The summed E-state index contributed by atoms with van der Waals surface area (Å²) in [5, 5.41) is -0.0790. The lowest BCUT2D eigenvalue weighted by Crippen LogP contribution is -2.28. The fourth-order valence-corrected chi connectivity index (χ4v) is 2.61. The van der Waals surface area contributed by atoms with Crippen molar-refractivity contribution in [2.24, 2.45) is 0 Å². The van der Waals surface area contributed by atoms with Gasteiger partial charge >= 0.3 is 0 Å². The molecule has 0 spiro atoms. The maximum absolute atomic E-state index is 11.7. The molecule has 2 heterocycles. The van der Waals surface area contributed by atoms with E-state index in [0.717, 1.165) is 11.8 Å². The molecule has 1 aliphatic heterocycles. The SMILES string of the molecule is CC(=O)SC1CC(=O)N(c2nccc(=O)[nH]2)C1. The number of H-pyrrole nitrogens is 1. The van der Waals surface area contributed by atoms with Crippen molar-refractivity contribution in [2.75, 3.05) is 11.4 Å². The molecule has 1 aromatic heterocycles. The number of nitrogens with one attached hydrogen (secondary N) is 1. The van der Waals surface area contributed by atoms with Crippen molar-refractivity contribution >= 4 is 28.7 Å². The number of rotatable bonds is 2. The number of hydrogen-bond donors (Lipinski definition) is 1. The van der Waals surface area contributed by atoms with Crippen LogP contribution in [0, 0.1) is 0 Å². The monoisotopic (exact) mass is 253 g/mol. The minimum atomic E-state index is -0.300. The smallest absolute Gasteiger partial charge is 0.252 e. The van der Waals surface area contributed by atoms with Crippen LogP contribution >= 0.6 is 11.8 Å². The molecule has 1 aliphatic rings. The summed E-state index contributed by atoms with van der Waals surface area (Å²) in [6, 6.07) is 1.28. The summed E-state index contributed by atoms with van der Waals surface area (Å²) in [4.78, 5) is 41.6. The van der Waals surface area contributed by atoms with Gasteiger partial charge in [0.25, 0.3) is 5.56 Å². The molecule has 0 saturated carbocycles. The van der Waals surface area contributed by atoms with Crippen LogP contribution in [-0.2, 0) is 9.59 Å². The molecule has 6 nitrogen and oxygen atoms in total. The molecule has 7 heteroatoms. The van der Waals surface area contributed by atoms with Crippen molar-refractivity contribution in [1.82, 2.24) is 9.97 Å². The van der Waals surface area contributed by atoms with Crippen LogP contribution in [0.3, 0.4) is 0 Å². The molecule has 1 amide bonds. The Balaban J connectivity index is 2.15. The predicted octanol–water partition coefficient (Wildman–Crippen LogP) is 0.155. The number of hydrogen-bond acceptors (Lipinski definition) is 5. The Kier molecular flexibility index (Phi) is 3.28. The summed E-state index contributed by atoms with van der Waals surface area (Å²) in [5.41, 5.74) is -0.300. The zero-order chi connectivity index (χ0) is 12.4. The second kappa shape index (κ2) is 4.70.